The zero-order chi connectivity index (χ0) is 20.0. The fourth-order valence-corrected chi connectivity index (χ4v) is 4.35. The summed E-state index contributed by atoms with van der Waals surface area (Å²) in [5, 5.41) is 8.91. The van der Waals surface area contributed by atoms with E-state index in [4.69, 9.17) is 0 Å². The van der Waals surface area contributed by atoms with Gasteiger partial charge in [-0.25, -0.2) is 9.97 Å². The predicted octanol–water partition coefficient (Wildman–Crippen LogP) is 4.73. The van der Waals surface area contributed by atoms with Crippen molar-refractivity contribution in [2.24, 2.45) is 4.99 Å². The maximum atomic E-state index is 12.6. The molecule has 0 aliphatic rings. The minimum atomic E-state index is -4.39. The molecule has 0 saturated carbocycles. The Labute approximate surface area is 191 Å². The molecule has 3 rings (SSSR count). The molecule has 0 radical (unpaired) electrons. The van der Waals surface area contributed by atoms with E-state index in [0.29, 0.717) is 23.9 Å². The minimum Gasteiger partial charge on any atom is -0.356 e. The second-order valence-electron chi connectivity index (χ2n) is 5.98. The van der Waals surface area contributed by atoms with Crippen LogP contribution in [-0.4, -0.2) is 36.1 Å². The normalized spacial score (nSPS) is 12.1. The molecule has 2 aromatic heterocycles. The van der Waals surface area contributed by atoms with E-state index < -0.39 is 11.9 Å². The molecule has 29 heavy (non-hydrogen) atoms. The third-order valence-corrected chi connectivity index (χ3v) is 5.90. The van der Waals surface area contributed by atoms with Crippen LogP contribution in [0.3, 0.4) is 0 Å². The maximum absolute atomic E-state index is 12.6. The lowest BCUT2D eigenvalue weighted by molar-refractivity contribution is -0.140. The molecule has 0 spiro atoms. The van der Waals surface area contributed by atoms with Crippen molar-refractivity contribution in [1.82, 2.24) is 20.6 Å². The van der Waals surface area contributed by atoms with Gasteiger partial charge in [0, 0.05) is 38.4 Å². The molecule has 0 aliphatic heterocycles. The molecule has 2 N–H and O–H groups in total. The van der Waals surface area contributed by atoms with Gasteiger partial charge in [0.1, 0.15) is 0 Å². The number of para-hydroxylation sites is 1. The zero-order valence-electron chi connectivity index (χ0n) is 15.6. The Morgan fingerprint density at radius 2 is 1.83 bits per heavy atom. The fraction of sp³-hybridized carbons (Fsp3) is 0.389. The van der Waals surface area contributed by atoms with E-state index in [1.54, 1.807) is 18.4 Å². The van der Waals surface area contributed by atoms with Crippen LogP contribution < -0.4 is 10.6 Å². The number of aryl methyl sites for hydroxylation is 1. The molecule has 5 nitrogen and oxygen atoms in total. The first kappa shape index (κ1) is 23.8. The Morgan fingerprint density at radius 1 is 1.07 bits per heavy atom. The molecule has 0 atom stereocenters. The number of nitrogens with one attached hydrogen (secondary N) is 2. The van der Waals surface area contributed by atoms with Crippen LogP contribution in [0.5, 0.6) is 0 Å². The Balaban J connectivity index is 0.00000300. The van der Waals surface area contributed by atoms with Crippen molar-refractivity contribution in [2.75, 3.05) is 20.1 Å². The summed E-state index contributed by atoms with van der Waals surface area (Å²) < 4.78 is 38.9. The SMILES string of the molecule is CN=C(NCCCc1nc2ccccc2s1)NCCc1nc(C(F)(F)F)cs1.I. The van der Waals surface area contributed by atoms with Gasteiger partial charge in [-0.15, -0.1) is 46.7 Å². The zero-order valence-corrected chi connectivity index (χ0v) is 19.6. The molecule has 11 heteroatoms. The van der Waals surface area contributed by atoms with Gasteiger partial charge in [0.25, 0.3) is 0 Å². The Morgan fingerprint density at radius 3 is 2.52 bits per heavy atom. The standard InChI is InChI=1S/C18H20F3N5S2.HI/c1-22-17(24-10-8-15-26-14(11-27-15)18(19,20)21)23-9-4-7-16-25-12-5-2-3-6-13(12)28-16;/h2-3,5-6,11H,4,7-10H2,1H3,(H2,22,23,24);1H. The summed E-state index contributed by atoms with van der Waals surface area (Å²) >= 11 is 2.73. The Bertz CT molecular complexity index is 906. The lowest BCUT2D eigenvalue weighted by atomic mass is 10.3. The number of rotatable bonds is 7. The van der Waals surface area contributed by atoms with Gasteiger partial charge in [-0.3, -0.25) is 4.99 Å². The molecule has 0 amide bonds. The summed E-state index contributed by atoms with van der Waals surface area (Å²) in [7, 11) is 1.66. The molecule has 2 heterocycles. The molecule has 0 saturated heterocycles. The number of thiazole rings is 2. The lowest BCUT2D eigenvalue weighted by Gasteiger charge is -2.10. The summed E-state index contributed by atoms with van der Waals surface area (Å²) in [6, 6.07) is 8.08. The van der Waals surface area contributed by atoms with Crippen molar-refractivity contribution >= 4 is 62.8 Å². The Kier molecular flexibility index (Phi) is 9.08. The van der Waals surface area contributed by atoms with E-state index in [2.05, 4.69) is 31.7 Å². The molecule has 0 unspecified atom stereocenters. The lowest BCUT2D eigenvalue weighted by Crippen LogP contribution is -2.38. The molecule has 0 bridgehead atoms. The highest BCUT2D eigenvalue weighted by Crippen LogP contribution is 2.30. The number of guanidine groups is 1. The molecular weight excluding hydrogens is 534 g/mol. The van der Waals surface area contributed by atoms with Gasteiger partial charge in [0.2, 0.25) is 0 Å². The highest BCUT2D eigenvalue weighted by molar-refractivity contribution is 14.0. The van der Waals surface area contributed by atoms with Crippen LogP contribution in [0.4, 0.5) is 13.2 Å². The van der Waals surface area contributed by atoms with Crippen LogP contribution in [0, 0.1) is 0 Å². The summed E-state index contributed by atoms with van der Waals surface area (Å²) in [5.41, 5.74) is 0.202. The van der Waals surface area contributed by atoms with Crippen LogP contribution >= 0.6 is 46.7 Å². The third-order valence-electron chi connectivity index (χ3n) is 3.90. The van der Waals surface area contributed by atoms with Crippen LogP contribution in [0.25, 0.3) is 10.2 Å². The average molecular weight is 555 g/mol. The number of nitrogens with zero attached hydrogens (tertiary/aromatic N) is 3. The molecule has 3 aromatic rings. The molecule has 158 valence electrons. The van der Waals surface area contributed by atoms with Gasteiger partial charge in [-0.2, -0.15) is 13.2 Å². The van der Waals surface area contributed by atoms with Crippen molar-refractivity contribution < 1.29 is 13.2 Å². The first-order valence-corrected chi connectivity index (χ1v) is 10.5. The van der Waals surface area contributed by atoms with E-state index in [-0.39, 0.29) is 24.0 Å². The van der Waals surface area contributed by atoms with Gasteiger partial charge in [-0.1, -0.05) is 12.1 Å². The number of aliphatic imine (C=N–C) groups is 1. The number of fused-ring (bicyclic) bond motifs is 1. The second-order valence-corrected chi connectivity index (χ2v) is 8.04. The molecular formula is C18H21F3IN5S2. The van der Waals surface area contributed by atoms with Gasteiger partial charge in [-0.05, 0) is 18.6 Å². The first-order chi connectivity index (χ1) is 13.5. The van der Waals surface area contributed by atoms with Crippen molar-refractivity contribution in [1.29, 1.82) is 0 Å². The summed E-state index contributed by atoms with van der Waals surface area (Å²) in [6.45, 7) is 1.19. The monoisotopic (exact) mass is 555 g/mol. The first-order valence-electron chi connectivity index (χ1n) is 8.76. The van der Waals surface area contributed by atoms with Crippen molar-refractivity contribution in [2.45, 2.75) is 25.4 Å². The fourth-order valence-electron chi connectivity index (χ4n) is 2.54. The topological polar surface area (TPSA) is 62.2 Å². The number of hydrogen-bond acceptors (Lipinski definition) is 5. The molecule has 0 aliphatic carbocycles. The predicted molar refractivity (Wildman–Crippen MR) is 124 cm³/mol. The van der Waals surface area contributed by atoms with E-state index in [1.807, 2.05) is 18.2 Å². The van der Waals surface area contributed by atoms with E-state index in [9.17, 15) is 13.2 Å². The summed E-state index contributed by atoms with van der Waals surface area (Å²) in [6.07, 6.45) is -2.19. The van der Waals surface area contributed by atoms with Crippen LogP contribution in [0.2, 0.25) is 0 Å². The number of benzene rings is 1. The maximum Gasteiger partial charge on any atom is 0.434 e. The largest absolute Gasteiger partial charge is 0.434 e. The summed E-state index contributed by atoms with van der Waals surface area (Å²) in [4.78, 5) is 12.4. The van der Waals surface area contributed by atoms with Gasteiger partial charge >= 0.3 is 6.18 Å². The van der Waals surface area contributed by atoms with Crippen molar-refractivity contribution in [3.05, 3.63) is 45.4 Å². The quantitative estimate of drug-likeness (QED) is 0.192. The second kappa shape index (κ2) is 11.1. The summed E-state index contributed by atoms with van der Waals surface area (Å²) in [5.74, 6) is 0.622. The van der Waals surface area contributed by atoms with E-state index in [0.717, 1.165) is 46.6 Å². The highest BCUT2D eigenvalue weighted by atomic mass is 127. The van der Waals surface area contributed by atoms with Crippen LogP contribution in [0.15, 0.2) is 34.6 Å². The number of aromatic nitrogens is 2. The smallest absolute Gasteiger partial charge is 0.356 e. The van der Waals surface area contributed by atoms with Crippen LogP contribution in [0.1, 0.15) is 22.1 Å². The highest BCUT2D eigenvalue weighted by Gasteiger charge is 2.33. The van der Waals surface area contributed by atoms with Gasteiger partial charge < -0.3 is 10.6 Å². The van der Waals surface area contributed by atoms with Gasteiger partial charge in [0.15, 0.2) is 11.7 Å². The van der Waals surface area contributed by atoms with E-state index >= 15 is 0 Å². The van der Waals surface area contributed by atoms with Gasteiger partial charge in [0.05, 0.1) is 20.2 Å². The van der Waals surface area contributed by atoms with Crippen LogP contribution in [-0.2, 0) is 19.0 Å². The number of halogens is 4. The van der Waals surface area contributed by atoms with Crippen molar-refractivity contribution in [3.8, 4) is 0 Å². The Hall–Kier alpha value is -1.47. The number of alkyl halides is 3. The minimum absolute atomic E-state index is 0. The number of hydrogen-bond donors (Lipinski definition) is 2. The average Bonchev–Trinajstić information content (AvgIpc) is 3.30. The molecule has 1 aromatic carbocycles. The van der Waals surface area contributed by atoms with Crippen molar-refractivity contribution in [3.63, 3.8) is 0 Å². The third kappa shape index (κ3) is 7.07. The van der Waals surface area contributed by atoms with E-state index in [1.165, 1.54) is 4.70 Å². The molecule has 0 fully saturated rings.